The summed E-state index contributed by atoms with van der Waals surface area (Å²) in [5.41, 5.74) is 8.70. The summed E-state index contributed by atoms with van der Waals surface area (Å²) in [7, 11) is 0. The molecule has 3 aromatic rings. The van der Waals surface area contributed by atoms with Crippen molar-refractivity contribution in [2.45, 2.75) is 17.2 Å². The van der Waals surface area contributed by atoms with Crippen molar-refractivity contribution in [2.75, 3.05) is 5.73 Å². The van der Waals surface area contributed by atoms with Crippen LogP contribution in [0.5, 0.6) is 0 Å². The molecular formula is C12H10N4OS. The van der Waals surface area contributed by atoms with Crippen molar-refractivity contribution in [3.63, 3.8) is 0 Å². The normalized spacial score (nSPS) is 10.9. The number of hydrogen-bond donors (Lipinski definition) is 1. The molecule has 0 atom stereocenters. The molecule has 6 heteroatoms. The minimum Gasteiger partial charge on any atom is -0.431 e. The highest BCUT2D eigenvalue weighted by molar-refractivity contribution is 7.99. The molecule has 5 nitrogen and oxygen atoms in total. The van der Waals surface area contributed by atoms with Crippen LogP contribution in [0.1, 0.15) is 5.69 Å². The lowest BCUT2D eigenvalue weighted by Crippen LogP contribution is -1.87. The van der Waals surface area contributed by atoms with Gasteiger partial charge in [-0.2, -0.15) is 5.10 Å². The van der Waals surface area contributed by atoms with Crippen LogP contribution in [0.15, 0.2) is 45.0 Å². The Labute approximate surface area is 107 Å². The molecule has 0 aliphatic carbocycles. The molecule has 2 heterocycles. The molecule has 3 rings (SSSR count). The van der Waals surface area contributed by atoms with E-state index >= 15 is 0 Å². The lowest BCUT2D eigenvalue weighted by molar-refractivity contribution is 0.489. The van der Waals surface area contributed by atoms with Crippen LogP contribution >= 0.6 is 11.8 Å². The molecule has 1 aromatic carbocycles. The Hall–Kier alpha value is -2.08. The fourth-order valence-electron chi connectivity index (χ4n) is 1.50. The smallest absolute Gasteiger partial charge is 0.263 e. The van der Waals surface area contributed by atoms with Crippen LogP contribution in [0.4, 0.5) is 5.69 Å². The molecule has 2 aromatic heterocycles. The molecule has 0 aliphatic rings. The van der Waals surface area contributed by atoms with Crippen molar-refractivity contribution in [1.82, 2.24) is 15.2 Å². The van der Waals surface area contributed by atoms with E-state index in [9.17, 15) is 0 Å². The summed E-state index contributed by atoms with van der Waals surface area (Å²) >= 11 is 1.34. The monoisotopic (exact) mass is 258 g/mol. The maximum Gasteiger partial charge on any atom is 0.263 e. The van der Waals surface area contributed by atoms with Gasteiger partial charge in [0.25, 0.3) is 5.22 Å². The minimum absolute atomic E-state index is 0.536. The van der Waals surface area contributed by atoms with Crippen LogP contribution in [0.2, 0.25) is 0 Å². The molecule has 0 amide bonds. The van der Waals surface area contributed by atoms with E-state index < -0.39 is 0 Å². The topological polar surface area (TPSA) is 77.8 Å². The molecule has 0 fully saturated rings. The van der Waals surface area contributed by atoms with Crippen molar-refractivity contribution in [3.05, 3.63) is 36.0 Å². The Morgan fingerprint density at radius 2 is 2.06 bits per heavy atom. The molecule has 0 aliphatic heterocycles. The summed E-state index contributed by atoms with van der Waals surface area (Å²) in [5.74, 6) is 0. The molecule has 0 saturated carbocycles. The number of benzene rings is 1. The van der Waals surface area contributed by atoms with E-state index in [2.05, 4.69) is 15.2 Å². The molecule has 0 radical (unpaired) electrons. The minimum atomic E-state index is 0.536. The third kappa shape index (κ3) is 2.14. The van der Waals surface area contributed by atoms with E-state index in [1.807, 2.05) is 25.1 Å². The number of oxazole rings is 1. The zero-order valence-electron chi connectivity index (χ0n) is 9.62. The van der Waals surface area contributed by atoms with Crippen LogP contribution in [0.3, 0.4) is 0 Å². The third-order valence-corrected chi connectivity index (χ3v) is 3.13. The van der Waals surface area contributed by atoms with Gasteiger partial charge in [0, 0.05) is 5.69 Å². The highest BCUT2D eigenvalue weighted by Crippen LogP contribution is 2.28. The van der Waals surface area contributed by atoms with Crippen LogP contribution in [0.25, 0.3) is 11.1 Å². The number of nitrogens with zero attached hydrogens (tertiary/aromatic N) is 3. The SMILES string of the molecule is Cc1ccc(Sc2nc3cc(N)ccc3o2)nn1. The van der Waals surface area contributed by atoms with Gasteiger partial charge in [-0.05, 0) is 49.0 Å². The molecule has 0 unspecified atom stereocenters. The van der Waals surface area contributed by atoms with Gasteiger partial charge in [0.15, 0.2) is 5.58 Å². The highest BCUT2D eigenvalue weighted by atomic mass is 32.2. The fourth-order valence-corrected chi connectivity index (χ4v) is 2.17. The average Bonchev–Trinajstić information content (AvgIpc) is 2.73. The van der Waals surface area contributed by atoms with Crippen LogP contribution in [-0.2, 0) is 0 Å². The molecule has 18 heavy (non-hydrogen) atoms. The summed E-state index contributed by atoms with van der Waals surface area (Å²) in [4.78, 5) is 4.34. The van der Waals surface area contributed by atoms with E-state index in [1.165, 1.54) is 11.8 Å². The lowest BCUT2D eigenvalue weighted by atomic mass is 10.3. The predicted octanol–water partition coefficient (Wildman–Crippen LogP) is 2.66. The average molecular weight is 258 g/mol. The number of hydrogen-bond acceptors (Lipinski definition) is 6. The molecule has 0 spiro atoms. The Morgan fingerprint density at radius 3 is 2.83 bits per heavy atom. The van der Waals surface area contributed by atoms with Crippen molar-refractivity contribution >= 4 is 28.5 Å². The number of fused-ring (bicyclic) bond motifs is 1. The standard InChI is InChI=1S/C12H10N4OS/c1-7-2-5-11(16-15-7)18-12-14-9-6-8(13)3-4-10(9)17-12/h2-6H,13H2,1H3. The van der Waals surface area contributed by atoms with Gasteiger partial charge in [-0.1, -0.05) is 0 Å². The summed E-state index contributed by atoms with van der Waals surface area (Å²) in [6.45, 7) is 1.89. The predicted molar refractivity (Wildman–Crippen MR) is 69.3 cm³/mol. The van der Waals surface area contributed by atoms with Gasteiger partial charge in [-0.3, -0.25) is 0 Å². The second-order valence-corrected chi connectivity index (χ2v) is 4.79. The van der Waals surface area contributed by atoms with E-state index in [-0.39, 0.29) is 0 Å². The van der Waals surface area contributed by atoms with Gasteiger partial charge in [0.05, 0.1) is 5.69 Å². The van der Waals surface area contributed by atoms with Crippen molar-refractivity contribution in [3.8, 4) is 0 Å². The first kappa shape index (κ1) is 11.0. The molecular weight excluding hydrogens is 248 g/mol. The molecule has 2 N–H and O–H groups in total. The van der Waals surface area contributed by atoms with E-state index in [0.717, 1.165) is 16.2 Å². The van der Waals surface area contributed by atoms with Crippen molar-refractivity contribution in [1.29, 1.82) is 0 Å². The summed E-state index contributed by atoms with van der Waals surface area (Å²) in [6.07, 6.45) is 0. The van der Waals surface area contributed by atoms with Crippen LogP contribution in [0, 0.1) is 6.92 Å². The van der Waals surface area contributed by atoms with Gasteiger partial charge < -0.3 is 10.2 Å². The zero-order chi connectivity index (χ0) is 12.5. The maximum absolute atomic E-state index is 5.69. The quantitative estimate of drug-likeness (QED) is 0.712. The third-order valence-electron chi connectivity index (χ3n) is 2.36. The van der Waals surface area contributed by atoms with Gasteiger partial charge in [0.1, 0.15) is 10.5 Å². The largest absolute Gasteiger partial charge is 0.431 e. The van der Waals surface area contributed by atoms with Gasteiger partial charge in [0.2, 0.25) is 0 Å². The first-order valence-corrected chi connectivity index (χ1v) is 6.16. The van der Waals surface area contributed by atoms with Crippen LogP contribution in [-0.4, -0.2) is 15.2 Å². The van der Waals surface area contributed by atoms with Gasteiger partial charge in [-0.25, -0.2) is 4.98 Å². The van der Waals surface area contributed by atoms with Gasteiger partial charge >= 0.3 is 0 Å². The Morgan fingerprint density at radius 1 is 1.17 bits per heavy atom. The van der Waals surface area contributed by atoms with Crippen molar-refractivity contribution < 1.29 is 4.42 Å². The Bertz CT molecular complexity index is 693. The summed E-state index contributed by atoms with van der Waals surface area (Å²) in [5, 5.41) is 9.32. The molecule has 0 saturated heterocycles. The summed E-state index contributed by atoms with van der Waals surface area (Å²) in [6, 6.07) is 9.16. The number of rotatable bonds is 2. The van der Waals surface area contributed by atoms with Crippen LogP contribution < -0.4 is 5.73 Å². The highest BCUT2D eigenvalue weighted by Gasteiger charge is 2.08. The second kappa shape index (κ2) is 4.30. The number of aryl methyl sites for hydroxylation is 1. The lowest BCUT2D eigenvalue weighted by Gasteiger charge is -1.94. The van der Waals surface area contributed by atoms with E-state index in [4.69, 9.17) is 10.2 Å². The number of nitrogen functional groups attached to an aromatic ring is 1. The zero-order valence-corrected chi connectivity index (χ0v) is 10.4. The second-order valence-electron chi connectivity index (χ2n) is 3.82. The Kier molecular flexibility index (Phi) is 2.64. The fraction of sp³-hybridized carbons (Fsp3) is 0.0833. The number of aromatic nitrogens is 3. The summed E-state index contributed by atoms with van der Waals surface area (Å²) < 4.78 is 5.59. The molecule has 90 valence electrons. The Balaban J connectivity index is 1.92. The maximum atomic E-state index is 5.69. The first-order chi connectivity index (χ1) is 8.70. The first-order valence-electron chi connectivity index (χ1n) is 5.35. The van der Waals surface area contributed by atoms with Crippen molar-refractivity contribution in [2.24, 2.45) is 0 Å². The van der Waals surface area contributed by atoms with E-state index in [1.54, 1.807) is 12.1 Å². The van der Waals surface area contributed by atoms with E-state index in [0.29, 0.717) is 16.5 Å². The number of nitrogens with two attached hydrogens (primary N) is 1. The number of anilines is 1. The molecule has 0 bridgehead atoms. The van der Waals surface area contributed by atoms with Gasteiger partial charge in [-0.15, -0.1) is 5.10 Å².